The molecule has 0 saturated carbocycles. The zero-order chi connectivity index (χ0) is 26.0. The first-order valence-corrected chi connectivity index (χ1v) is 11.3. The minimum atomic E-state index is -2.73. The van der Waals surface area contributed by atoms with Crippen LogP contribution in [-0.4, -0.2) is 30.9 Å². The Kier molecular flexibility index (Phi) is 10.1. The number of unbranched alkanes of at least 4 members (excludes halogenated alkanes) is 2. The van der Waals surface area contributed by atoms with Crippen LogP contribution in [0, 0.1) is 17.0 Å². The van der Waals surface area contributed by atoms with Crippen molar-refractivity contribution in [1.82, 2.24) is 5.32 Å². The standard InChI is InChI=1S/C25H31F2N3O5/c1-4-6-7-14-33-20-13-12-19(26)21(22(20)27)25(34-5-2,35-16(3)31)24(32)30-15-17-8-10-18(11-9-17)23(28)29/h8-13H,4-7,14-15H2,1-3H3,(H3,28,29)(H,30,32)/t25-/m0/s1. The molecular formula is C25H31F2N3O5. The van der Waals surface area contributed by atoms with Gasteiger partial charge in [0.05, 0.1) is 6.61 Å². The summed E-state index contributed by atoms with van der Waals surface area (Å²) in [6, 6.07) is 8.46. The molecule has 8 nitrogen and oxygen atoms in total. The second-order valence-electron chi connectivity index (χ2n) is 7.73. The normalized spacial score (nSPS) is 12.5. The van der Waals surface area contributed by atoms with Gasteiger partial charge in [-0.05, 0) is 31.0 Å². The Balaban J connectivity index is 2.43. The third kappa shape index (κ3) is 6.98. The van der Waals surface area contributed by atoms with Crippen molar-refractivity contribution in [1.29, 1.82) is 5.41 Å². The highest BCUT2D eigenvalue weighted by Gasteiger charge is 2.50. The topological polar surface area (TPSA) is 124 Å². The molecule has 2 aromatic rings. The van der Waals surface area contributed by atoms with Gasteiger partial charge in [-0.1, -0.05) is 44.0 Å². The van der Waals surface area contributed by atoms with E-state index in [1.54, 1.807) is 24.3 Å². The average molecular weight is 492 g/mol. The molecule has 1 amide bonds. The van der Waals surface area contributed by atoms with Gasteiger partial charge in [-0.3, -0.25) is 15.0 Å². The number of hydrogen-bond acceptors (Lipinski definition) is 6. The fraction of sp³-hybridized carbons (Fsp3) is 0.400. The molecule has 0 aromatic heterocycles. The van der Waals surface area contributed by atoms with Crippen molar-refractivity contribution in [2.45, 2.75) is 52.4 Å². The van der Waals surface area contributed by atoms with E-state index in [0.29, 0.717) is 17.5 Å². The Morgan fingerprint density at radius 3 is 2.34 bits per heavy atom. The second kappa shape index (κ2) is 12.8. The number of nitrogen functional groups attached to an aromatic ring is 1. The summed E-state index contributed by atoms with van der Waals surface area (Å²) in [6.45, 7) is 4.41. The van der Waals surface area contributed by atoms with E-state index in [1.807, 2.05) is 6.92 Å². The Morgan fingerprint density at radius 2 is 1.77 bits per heavy atom. The van der Waals surface area contributed by atoms with E-state index < -0.39 is 34.9 Å². The monoisotopic (exact) mass is 491 g/mol. The predicted molar refractivity (Wildman–Crippen MR) is 126 cm³/mol. The van der Waals surface area contributed by atoms with Gasteiger partial charge < -0.3 is 25.3 Å². The second-order valence-corrected chi connectivity index (χ2v) is 7.73. The number of halogens is 2. The van der Waals surface area contributed by atoms with E-state index >= 15 is 8.78 Å². The summed E-state index contributed by atoms with van der Waals surface area (Å²) >= 11 is 0. The molecule has 0 aliphatic rings. The molecule has 1 atom stereocenters. The van der Waals surface area contributed by atoms with Crippen LogP contribution in [0.15, 0.2) is 36.4 Å². The summed E-state index contributed by atoms with van der Waals surface area (Å²) in [7, 11) is 0. The van der Waals surface area contributed by atoms with E-state index in [9.17, 15) is 9.59 Å². The van der Waals surface area contributed by atoms with Crippen molar-refractivity contribution in [3.8, 4) is 5.75 Å². The molecule has 0 radical (unpaired) electrons. The van der Waals surface area contributed by atoms with Gasteiger partial charge in [-0.2, -0.15) is 0 Å². The Hall–Kier alpha value is -3.53. The van der Waals surface area contributed by atoms with Crippen LogP contribution in [0.2, 0.25) is 0 Å². The van der Waals surface area contributed by atoms with Gasteiger partial charge in [0.15, 0.2) is 11.6 Å². The maximum absolute atomic E-state index is 15.5. The zero-order valence-corrected chi connectivity index (χ0v) is 20.1. The van der Waals surface area contributed by atoms with Crippen molar-refractivity contribution in [2.75, 3.05) is 13.2 Å². The van der Waals surface area contributed by atoms with Gasteiger partial charge in [-0.15, -0.1) is 0 Å². The molecule has 0 fully saturated rings. The van der Waals surface area contributed by atoms with Crippen LogP contribution in [0.3, 0.4) is 0 Å². The largest absolute Gasteiger partial charge is 0.491 e. The average Bonchev–Trinajstić information content (AvgIpc) is 2.81. The molecular weight excluding hydrogens is 460 g/mol. The molecule has 0 bridgehead atoms. The number of carbonyl (C=O) groups excluding carboxylic acids is 2. The summed E-state index contributed by atoms with van der Waals surface area (Å²) < 4.78 is 46.6. The highest BCUT2D eigenvalue weighted by Crippen LogP contribution is 2.36. The van der Waals surface area contributed by atoms with Crippen molar-refractivity contribution in [3.63, 3.8) is 0 Å². The Morgan fingerprint density at radius 1 is 1.09 bits per heavy atom. The first-order chi connectivity index (χ1) is 16.7. The minimum absolute atomic E-state index is 0.0798. The van der Waals surface area contributed by atoms with Crippen molar-refractivity contribution < 1.29 is 32.6 Å². The number of benzene rings is 2. The molecule has 2 rings (SSSR count). The lowest BCUT2D eigenvalue weighted by molar-refractivity contribution is -0.233. The van der Waals surface area contributed by atoms with Crippen LogP contribution in [0.5, 0.6) is 5.75 Å². The van der Waals surface area contributed by atoms with E-state index in [-0.39, 0.29) is 31.3 Å². The van der Waals surface area contributed by atoms with Gasteiger partial charge in [0.25, 0.3) is 5.91 Å². The predicted octanol–water partition coefficient (Wildman–Crippen LogP) is 3.89. The highest BCUT2D eigenvalue weighted by atomic mass is 19.1. The summed E-state index contributed by atoms with van der Waals surface area (Å²) in [5, 5.41) is 9.96. The van der Waals surface area contributed by atoms with E-state index in [2.05, 4.69) is 5.32 Å². The molecule has 190 valence electrons. The smallest absolute Gasteiger partial charge is 0.326 e. The van der Waals surface area contributed by atoms with Crippen LogP contribution in [0.1, 0.15) is 56.7 Å². The van der Waals surface area contributed by atoms with E-state index in [4.69, 9.17) is 25.4 Å². The van der Waals surface area contributed by atoms with Crippen LogP contribution < -0.4 is 15.8 Å². The molecule has 10 heteroatoms. The SMILES string of the molecule is CCCCCOc1ccc(F)c([C@](OCC)(OC(C)=O)C(=O)NCc2ccc(C(=N)N)cc2)c1F. The number of amides is 1. The lowest BCUT2D eigenvalue weighted by Gasteiger charge is -2.32. The van der Waals surface area contributed by atoms with Crippen molar-refractivity contribution in [3.05, 3.63) is 64.7 Å². The van der Waals surface area contributed by atoms with Crippen molar-refractivity contribution >= 4 is 17.7 Å². The zero-order valence-electron chi connectivity index (χ0n) is 20.1. The molecule has 2 aromatic carbocycles. The molecule has 0 spiro atoms. The summed E-state index contributed by atoms with van der Waals surface area (Å²) in [5.74, 6) is -7.53. The van der Waals surface area contributed by atoms with Gasteiger partial charge in [0, 0.05) is 25.6 Å². The third-order valence-corrected chi connectivity index (χ3v) is 5.04. The molecule has 4 N–H and O–H groups in total. The number of rotatable bonds is 13. The van der Waals surface area contributed by atoms with Crippen molar-refractivity contribution in [2.24, 2.45) is 5.73 Å². The fourth-order valence-corrected chi connectivity index (χ4v) is 3.37. The first-order valence-electron chi connectivity index (χ1n) is 11.3. The van der Waals surface area contributed by atoms with Crippen LogP contribution in [-0.2, 0) is 31.4 Å². The highest BCUT2D eigenvalue weighted by molar-refractivity contribution is 5.94. The number of nitrogens with one attached hydrogen (secondary N) is 2. The molecule has 0 unspecified atom stereocenters. The quantitative estimate of drug-likeness (QED) is 0.128. The number of esters is 1. The third-order valence-electron chi connectivity index (χ3n) is 5.04. The number of hydrogen-bond donors (Lipinski definition) is 3. The number of ether oxygens (including phenoxy) is 3. The number of carbonyl (C=O) groups is 2. The lowest BCUT2D eigenvalue weighted by Crippen LogP contribution is -2.50. The Labute approximate surface area is 203 Å². The fourth-order valence-electron chi connectivity index (χ4n) is 3.37. The van der Waals surface area contributed by atoms with Gasteiger partial charge in [-0.25, -0.2) is 8.78 Å². The molecule has 0 saturated heterocycles. The summed E-state index contributed by atoms with van der Waals surface area (Å²) in [5.41, 5.74) is 5.65. The van der Waals surface area contributed by atoms with E-state index in [0.717, 1.165) is 31.9 Å². The Bertz CT molecular complexity index is 1050. The number of nitrogens with two attached hydrogens (primary N) is 1. The minimum Gasteiger partial charge on any atom is -0.491 e. The van der Waals surface area contributed by atoms with Crippen LogP contribution in [0.25, 0.3) is 0 Å². The maximum Gasteiger partial charge on any atom is 0.326 e. The molecule has 0 heterocycles. The van der Waals surface area contributed by atoms with E-state index in [1.165, 1.54) is 6.92 Å². The van der Waals surface area contributed by atoms with Gasteiger partial charge in [0.1, 0.15) is 17.2 Å². The molecule has 0 aliphatic carbocycles. The molecule has 35 heavy (non-hydrogen) atoms. The summed E-state index contributed by atoms with van der Waals surface area (Å²) in [6.07, 6.45) is 2.45. The summed E-state index contributed by atoms with van der Waals surface area (Å²) in [4.78, 5) is 25.3. The lowest BCUT2D eigenvalue weighted by atomic mass is 10.0. The molecule has 0 aliphatic heterocycles. The number of amidine groups is 1. The maximum atomic E-state index is 15.5. The first kappa shape index (κ1) is 27.7. The van der Waals surface area contributed by atoms with Gasteiger partial charge >= 0.3 is 11.8 Å². The van der Waals surface area contributed by atoms with Crippen LogP contribution >= 0.6 is 0 Å². The van der Waals surface area contributed by atoms with Crippen LogP contribution in [0.4, 0.5) is 8.78 Å². The van der Waals surface area contributed by atoms with Gasteiger partial charge in [0.2, 0.25) is 0 Å².